The van der Waals surface area contributed by atoms with Crippen LogP contribution in [0.2, 0.25) is 0 Å². The molecule has 0 aliphatic heterocycles. The molecule has 1 heterocycles. The first kappa shape index (κ1) is 14.4. The fraction of sp³-hybridized carbons (Fsp3) is 0.727. The van der Waals surface area contributed by atoms with Gasteiger partial charge in [0.2, 0.25) is 0 Å². The lowest BCUT2D eigenvalue weighted by molar-refractivity contribution is 0.0915. The van der Waals surface area contributed by atoms with Crippen molar-refractivity contribution in [2.45, 2.75) is 51.5 Å². The lowest BCUT2D eigenvalue weighted by atomic mass is 10.0. The number of alkyl halides is 1. The van der Waals surface area contributed by atoms with E-state index in [0.717, 1.165) is 30.1 Å². The van der Waals surface area contributed by atoms with E-state index in [1.165, 1.54) is 0 Å². The van der Waals surface area contributed by atoms with Crippen molar-refractivity contribution in [3.63, 3.8) is 0 Å². The molecule has 6 heteroatoms. The van der Waals surface area contributed by atoms with Gasteiger partial charge in [-0.25, -0.2) is 0 Å². The molecule has 0 aliphatic rings. The van der Waals surface area contributed by atoms with Crippen molar-refractivity contribution in [1.29, 1.82) is 0 Å². The minimum atomic E-state index is -0.452. The molecular weight excluding hydrogens is 258 g/mol. The lowest BCUT2D eigenvalue weighted by Gasteiger charge is -2.28. The van der Waals surface area contributed by atoms with Crippen LogP contribution in [0.25, 0.3) is 0 Å². The molecule has 1 aromatic heterocycles. The molecule has 1 unspecified atom stereocenters. The average molecular weight is 276 g/mol. The summed E-state index contributed by atoms with van der Waals surface area (Å²) in [5.41, 5.74) is 0.319. The minimum Gasteiger partial charge on any atom is -0.345 e. The molecule has 0 saturated carbocycles. The fourth-order valence-corrected chi connectivity index (χ4v) is 1.89. The third-order valence-electron chi connectivity index (χ3n) is 2.68. The number of hydrogen-bond donors (Lipinski definition) is 1. The van der Waals surface area contributed by atoms with Gasteiger partial charge in [0.15, 0.2) is 0 Å². The van der Waals surface area contributed by atoms with E-state index >= 15 is 0 Å². The summed E-state index contributed by atoms with van der Waals surface area (Å²) in [6.45, 7) is 7.71. The number of hydrogen-bond acceptors (Lipinski definition) is 4. The van der Waals surface area contributed by atoms with E-state index in [1.807, 2.05) is 27.7 Å². The van der Waals surface area contributed by atoms with Crippen molar-refractivity contribution in [2.75, 3.05) is 0 Å². The zero-order chi connectivity index (χ0) is 13.1. The van der Waals surface area contributed by atoms with E-state index in [1.54, 1.807) is 0 Å². The number of aryl methyl sites for hydroxylation is 1. The first-order chi connectivity index (χ1) is 7.88. The molecule has 0 aliphatic carbocycles. The maximum absolute atomic E-state index is 12.1. The Morgan fingerprint density at radius 3 is 2.76 bits per heavy atom. The van der Waals surface area contributed by atoms with Gasteiger partial charge in [-0.3, -0.25) is 4.79 Å². The average Bonchev–Trinajstić information content (AvgIpc) is 2.65. The second-order valence-corrected chi connectivity index (χ2v) is 6.00. The highest BCUT2D eigenvalue weighted by molar-refractivity contribution is 7.08. The molecule has 4 nitrogen and oxygen atoms in total. The lowest BCUT2D eigenvalue weighted by Crippen LogP contribution is -2.49. The standard InChI is InChI=1S/C11H18ClN3OS/c1-5-6-8-9(17-15-14-8)10(16)13-11(3,4)7(2)12/h7H,5-6H2,1-4H3,(H,13,16). The predicted octanol–water partition coefficient (Wildman–Crippen LogP) is 2.63. The van der Waals surface area contributed by atoms with E-state index < -0.39 is 5.54 Å². The van der Waals surface area contributed by atoms with E-state index in [-0.39, 0.29) is 11.3 Å². The number of rotatable bonds is 5. The van der Waals surface area contributed by atoms with E-state index in [0.29, 0.717) is 4.88 Å². The van der Waals surface area contributed by atoms with Crippen LogP contribution < -0.4 is 5.32 Å². The van der Waals surface area contributed by atoms with Gasteiger partial charge in [-0.1, -0.05) is 17.8 Å². The Morgan fingerprint density at radius 1 is 1.59 bits per heavy atom. The molecule has 96 valence electrons. The van der Waals surface area contributed by atoms with Crippen molar-refractivity contribution in [2.24, 2.45) is 0 Å². The number of nitrogens with zero attached hydrogens (tertiary/aromatic N) is 2. The van der Waals surface area contributed by atoms with Crippen molar-refractivity contribution in [3.05, 3.63) is 10.6 Å². The summed E-state index contributed by atoms with van der Waals surface area (Å²) in [5, 5.41) is 6.74. The Labute approximate surface area is 111 Å². The number of carbonyl (C=O) groups is 1. The molecule has 0 saturated heterocycles. The Balaban J connectivity index is 2.80. The third kappa shape index (κ3) is 3.64. The molecule has 0 spiro atoms. The maximum Gasteiger partial charge on any atom is 0.265 e. The van der Waals surface area contributed by atoms with Gasteiger partial charge in [0, 0.05) is 0 Å². The normalized spacial score (nSPS) is 13.5. The minimum absolute atomic E-state index is 0.138. The third-order valence-corrected chi connectivity index (χ3v) is 3.99. The molecule has 1 amide bonds. The molecule has 1 N–H and O–H groups in total. The van der Waals surface area contributed by atoms with E-state index in [4.69, 9.17) is 11.6 Å². The maximum atomic E-state index is 12.1. The van der Waals surface area contributed by atoms with Gasteiger partial charge < -0.3 is 5.32 Å². The number of aromatic nitrogens is 2. The molecule has 0 fully saturated rings. The monoisotopic (exact) mass is 275 g/mol. The van der Waals surface area contributed by atoms with Gasteiger partial charge in [0.1, 0.15) is 4.88 Å². The van der Waals surface area contributed by atoms with Crippen LogP contribution in [0.3, 0.4) is 0 Å². The summed E-state index contributed by atoms with van der Waals surface area (Å²) in [5.74, 6) is -0.138. The van der Waals surface area contributed by atoms with Gasteiger partial charge in [0.05, 0.1) is 16.6 Å². The largest absolute Gasteiger partial charge is 0.345 e. The summed E-state index contributed by atoms with van der Waals surface area (Å²) in [7, 11) is 0. The zero-order valence-electron chi connectivity index (χ0n) is 10.6. The molecule has 1 aromatic rings. The van der Waals surface area contributed by atoms with Crippen LogP contribution >= 0.6 is 23.1 Å². The van der Waals surface area contributed by atoms with Crippen LogP contribution in [0.4, 0.5) is 0 Å². The van der Waals surface area contributed by atoms with Gasteiger partial charge in [-0.15, -0.1) is 16.7 Å². The van der Waals surface area contributed by atoms with Crippen LogP contribution in [-0.2, 0) is 6.42 Å². The first-order valence-electron chi connectivity index (χ1n) is 5.66. The van der Waals surface area contributed by atoms with Crippen molar-refractivity contribution >= 4 is 29.0 Å². The van der Waals surface area contributed by atoms with Gasteiger partial charge >= 0.3 is 0 Å². The van der Waals surface area contributed by atoms with Crippen LogP contribution in [0.1, 0.15) is 49.5 Å². The number of amides is 1. The Bertz CT molecular complexity index is 390. The summed E-state index contributed by atoms with van der Waals surface area (Å²) < 4.78 is 3.83. The second kappa shape index (κ2) is 5.78. The Kier molecular flexibility index (Phi) is 4.89. The molecule has 1 rings (SSSR count). The van der Waals surface area contributed by atoms with Crippen LogP contribution in [0.15, 0.2) is 0 Å². The van der Waals surface area contributed by atoms with Crippen LogP contribution in [-0.4, -0.2) is 26.4 Å². The second-order valence-electron chi connectivity index (χ2n) is 4.59. The topological polar surface area (TPSA) is 54.9 Å². The van der Waals surface area contributed by atoms with E-state index in [9.17, 15) is 4.79 Å². The van der Waals surface area contributed by atoms with E-state index in [2.05, 4.69) is 14.9 Å². The molecule has 1 atom stereocenters. The quantitative estimate of drug-likeness (QED) is 0.841. The van der Waals surface area contributed by atoms with Crippen molar-refractivity contribution in [3.8, 4) is 0 Å². The predicted molar refractivity (Wildman–Crippen MR) is 70.8 cm³/mol. The van der Waals surface area contributed by atoms with Crippen molar-refractivity contribution < 1.29 is 4.79 Å². The number of carbonyl (C=O) groups excluding carboxylic acids is 1. The number of nitrogens with one attached hydrogen (secondary N) is 1. The molecular formula is C11H18ClN3OS. The van der Waals surface area contributed by atoms with Gasteiger partial charge in [-0.2, -0.15) is 0 Å². The fourth-order valence-electron chi connectivity index (χ4n) is 1.23. The highest BCUT2D eigenvalue weighted by Crippen LogP contribution is 2.18. The van der Waals surface area contributed by atoms with Crippen LogP contribution in [0, 0.1) is 0 Å². The number of halogens is 1. The Morgan fingerprint density at radius 2 is 2.24 bits per heavy atom. The van der Waals surface area contributed by atoms with Gasteiger partial charge in [-0.05, 0) is 38.7 Å². The summed E-state index contributed by atoms with van der Waals surface area (Å²) in [4.78, 5) is 12.7. The molecule has 0 radical (unpaired) electrons. The van der Waals surface area contributed by atoms with Gasteiger partial charge in [0.25, 0.3) is 5.91 Å². The van der Waals surface area contributed by atoms with Crippen LogP contribution in [0.5, 0.6) is 0 Å². The SMILES string of the molecule is CCCc1nnsc1C(=O)NC(C)(C)C(C)Cl. The summed E-state index contributed by atoms with van der Waals surface area (Å²) >= 11 is 7.17. The summed E-state index contributed by atoms with van der Waals surface area (Å²) in [6, 6.07) is 0. The summed E-state index contributed by atoms with van der Waals surface area (Å²) in [6.07, 6.45) is 1.72. The first-order valence-corrected chi connectivity index (χ1v) is 6.87. The smallest absolute Gasteiger partial charge is 0.265 e. The molecule has 0 aromatic carbocycles. The van der Waals surface area contributed by atoms with Crippen molar-refractivity contribution in [1.82, 2.24) is 14.9 Å². The molecule has 17 heavy (non-hydrogen) atoms. The highest BCUT2D eigenvalue weighted by atomic mass is 35.5. The molecule has 0 bridgehead atoms. The zero-order valence-corrected chi connectivity index (χ0v) is 12.2. The Hall–Kier alpha value is -0.680. The highest BCUT2D eigenvalue weighted by Gasteiger charge is 2.28.